The second-order valence-corrected chi connectivity index (χ2v) is 5.06. The molecule has 1 aliphatic carbocycles. The standard InChI is InChI=1S/C17H24O3/c1-18-12-3-4-13-20-16-10-8-15(9-11-16)17(19-2)14-6-5-7-14/h8-11H,3-7,12-13H2,1-2H3. The largest absolute Gasteiger partial charge is 0.496 e. The van der Waals surface area contributed by atoms with E-state index < -0.39 is 0 Å². The molecule has 1 aliphatic rings. The van der Waals surface area contributed by atoms with Gasteiger partial charge in [-0.2, -0.15) is 0 Å². The molecular formula is C17H24O3. The van der Waals surface area contributed by atoms with E-state index in [1.807, 2.05) is 12.1 Å². The van der Waals surface area contributed by atoms with Crippen molar-refractivity contribution in [2.45, 2.75) is 32.1 Å². The summed E-state index contributed by atoms with van der Waals surface area (Å²) in [6, 6.07) is 8.19. The SMILES string of the molecule is COCCCCOc1ccc(C(OC)=C2CCC2)cc1. The summed E-state index contributed by atoms with van der Waals surface area (Å²) in [4.78, 5) is 0. The van der Waals surface area contributed by atoms with Crippen LogP contribution in [0.1, 0.15) is 37.7 Å². The summed E-state index contributed by atoms with van der Waals surface area (Å²) in [6.45, 7) is 1.54. The molecule has 3 heteroatoms. The number of hydrogen-bond donors (Lipinski definition) is 0. The summed E-state index contributed by atoms with van der Waals surface area (Å²) in [6.07, 6.45) is 5.67. The smallest absolute Gasteiger partial charge is 0.125 e. The molecule has 0 aromatic heterocycles. The van der Waals surface area contributed by atoms with Crippen molar-refractivity contribution < 1.29 is 14.2 Å². The Kier molecular flexibility index (Phi) is 5.93. The number of methoxy groups -OCH3 is 2. The Morgan fingerprint density at radius 1 is 1.00 bits per heavy atom. The van der Waals surface area contributed by atoms with E-state index >= 15 is 0 Å². The topological polar surface area (TPSA) is 27.7 Å². The van der Waals surface area contributed by atoms with Gasteiger partial charge in [0.1, 0.15) is 11.5 Å². The van der Waals surface area contributed by atoms with E-state index in [1.54, 1.807) is 14.2 Å². The van der Waals surface area contributed by atoms with Crippen molar-refractivity contribution in [3.63, 3.8) is 0 Å². The van der Waals surface area contributed by atoms with E-state index in [4.69, 9.17) is 14.2 Å². The molecule has 0 atom stereocenters. The van der Waals surface area contributed by atoms with Crippen LogP contribution < -0.4 is 4.74 Å². The van der Waals surface area contributed by atoms with Crippen molar-refractivity contribution in [3.8, 4) is 5.75 Å². The third-order valence-electron chi connectivity index (χ3n) is 3.61. The van der Waals surface area contributed by atoms with E-state index in [9.17, 15) is 0 Å². The number of hydrogen-bond acceptors (Lipinski definition) is 3. The maximum Gasteiger partial charge on any atom is 0.125 e. The van der Waals surface area contributed by atoms with Crippen LogP contribution in [0.15, 0.2) is 29.8 Å². The minimum absolute atomic E-state index is 0.737. The number of unbranched alkanes of at least 4 members (excludes halogenated alkanes) is 1. The lowest BCUT2D eigenvalue weighted by Gasteiger charge is -2.21. The highest BCUT2D eigenvalue weighted by atomic mass is 16.5. The van der Waals surface area contributed by atoms with E-state index in [2.05, 4.69) is 12.1 Å². The highest BCUT2D eigenvalue weighted by molar-refractivity contribution is 5.64. The van der Waals surface area contributed by atoms with Gasteiger partial charge in [-0.15, -0.1) is 0 Å². The molecule has 0 radical (unpaired) electrons. The van der Waals surface area contributed by atoms with Crippen LogP contribution in [0.3, 0.4) is 0 Å². The Morgan fingerprint density at radius 2 is 1.70 bits per heavy atom. The number of benzene rings is 1. The molecule has 0 bridgehead atoms. The molecule has 1 fully saturated rings. The lowest BCUT2D eigenvalue weighted by molar-refractivity contribution is 0.184. The van der Waals surface area contributed by atoms with Gasteiger partial charge in [0.05, 0.1) is 13.7 Å². The fraction of sp³-hybridized carbons (Fsp3) is 0.529. The molecule has 110 valence electrons. The Balaban J connectivity index is 1.86. The van der Waals surface area contributed by atoms with Gasteiger partial charge in [0, 0.05) is 19.3 Å². The van der Waals surface area contributed by atoms with Crippen LogP contribution in [0.4, 0.5) is 0 Å². The summed E-state index contributed by atoms with van der Waals surface area (Å²) >= 11 is 0. The molecule has 1 aromatic rings. The van der Waals surface area contributed by atoms with Gasteiger partial charge in [-0.05, 0) is 61.9 Å². The minimum atomic E-state index is 0.737. The van der Waals surface area contributed by atoms with Gasteiger partial charge >= 0.3 is 0 Å². The third kappa shape index (κ3) is 4.01. The molecule has 0 unspecified atom stereocenters. The highest BCUT2D eigenvalue weighted by Crippen LogP contribution is 2.34. The molecular weight excluding hydrogens is 252 g/mol. The van der Waals surface area contributed by atoms with E-state index in [0.29, 0.717) is 0 Å². The molecule has 0 heterocycles. The first kappa shape index (κ1) is 14.9. The average Bonchev–Trinajstić information content (AvgIpc) is 2.43. The summed E-state index contributed by atoms with van der Waals surface area (Å²) in [5.74, 6) is 1.96. The van der Waals surface area contributed by atoms with Crippen LogP contribution in [0.2, 0.25) is 0 Å². The van der Waals surface area contributed by atoms with E-state index in [0.717, 1.165) is 43.1 Å². The Bertz CT molecular complexity index is 428. The van der Waals surface area contributed by atoms with Crippen molar-refractivity contribution in [2.24, 2.45) is 0 Å². The van der Waals surface area contributed by atoms with Crippen LogP contribution in [-0.2, 0) is 9.47 Å². The van der Waals surface area contributed by atoms with E-state index in [-0.39, 0.29) is 0 Å². The zero-order chi connectivity index (χ0) is 14.2. The Morgan fingerprint density at radius 3 is 2.25 bits per heavy atom. The summed E-state index contributed by atoms with van der Waals surface area (Å²) < 4.78 is 16.3. The predicted octanol–water partition coefficient (Wildman–Crippen LogP) is 4.03. The van der Waals surface area contributed by atoms with Crippen molar-refractivity contribution in [1.29, 1.82) is 0 Å². The van der Waals surface area contributed by atoms with Crippen molar-refractivity contribution in [1.82, 2.24) is 0 Å². The minimum Gasteiger partial charge on any atom is -0.496 e. The Hall–Kier alpha value is -1.48. The first-order valence-corrected chi connectivity index (χ1v) is 7.33. The van der Waals surface area contributed by atoms with Crippen LogP contribution in [0.5, 0.6) is 5.75 Å². The molecule has 0 spiro atoms. The number of ether oxygens (including phenoxy) is 3. The molecule has 1 saturated carbocycles. The quantitative estimate of drug-likeness (QED) is 0.530. The van der Waals surface area contributed by atoms with Crippen LogP contribution in [0, 0.1) is 0 Å². The van der Waals surface area contributed by atoms with Crippen molar-refractivity contribution >= 4 is 5.76 Å². The lowest BCUT2D eigenvalue weighted by atomic mass is 9.89. The van der Waals surface area contributed by atoms with Gasteiger partial charge in [-0.25, -0.2) is 0 Å². The van der Waals surface area contributed by atoms with Crippen LogP contribution >= 0.6 is 0 Å². The lowest BCUT2D eigenvalue weighted by Crippen LogP contribution is -2.03. The number of allylic oxidation sites excluding steroid dienone is 1. The second kappa shape index (κ2) is 7.95. The highest BCUT2D eigenvalue weighted by Gasteiger charge is 2.16. The number of rotatable bonds is 8. The molecule has 0 N–H and O–H groups in total. The van der Waals surface area contributed by atoms with Crippen molar-refractivity contribution in [2.75, 3.05) is 27.4 Å². The third-order valence-corrected chi connectivity index (χ3v) is 3.61. The average molecular weight is 276 g/mol. The zero-order valence-electron chi connectivity index (χ0n) is 12.5. The maximum atomic E-state index is 5.71. The molecule has 1 aromatic carbocycles. The summed E-state index contributed by atoms with van der Waals surface area (Å²) in [7, 11) is 3.48. The normalized spacial score (nSPS) is 13.8. The summed E-state index contributed by atoms with van der Waals surface area (Å²) in [5.41, 5.74) is 2.58. The van der Waals surface area contributed by atoms with Crippen LogP contribution in [0.25, 0.3) is 5.76 Å². The molecule has 0 aliphatic heterocycles. The predicted molar refractivity (Wildman–Crippen MR) is 80.8 cm³/mol. The van der Waals surface area contributed by atoms with Gasteiger partial charge in [0.15, 0.2) is 0 Å². The monoisotopic (exact) mass is 276 g/mol. The van der Waals surface area contributed by atoms with Gasteiger partial charge in [0.25, 0.3) is 0 Å². The first-order chi connectivity index (χ1) is 9.85. The molecule has 3 nitrogen and oxygen atoms in total. The fourth-order valence-corrected chi connectivity index (χ4v) is 2.29. The maximum absolute atomic E-state index is 5.71. The van der Waals surface area contributed by atoms with Gasteiger partial charge < -0.3 is 14.2 Å². The second-order valence-electron chi connectivity index (χ2n) is 5.06. The molecule has 20 heavy (non-hydrogen) atoms. The van der Waals surface area contributed by atoms with E-state index in [1.165, 1.54) is 24.8 Å². The Labute approximate surface area is 121 Å². The van der Waals surface area contributed by atoms with Crippen molar-refractivity contribution in [3.05, 3.63) is 35.4 Å². The molecule has 2 rings (SSSR count). The summed E-state index contributed by atoms with van der Waals surface area (Å²) in [5, 5.41) is 0. The zero-order valence-corrected chi connectivity index (χ0v) is 12.5. The molecule has 0 saturated heterocycles. The van der Waals surface area contributed by atoms with Crippen LogP contribution in [-0.4, -0.2) is 27.4 Å². The van der Waals surface area contributed by atoms with Gasteiger partial charge in [-0.1, -0.05) is 0 Å². The van der Waals surface area contributed by atoms with Gasteiger partial charge in [0.2, 0.25) is 0 Å². The molecule has 0 amide bonds. The first-order valence-electron chi connectivity index (χ1n) is 7.33. The van der Waals surface area contributed by atoms with Gasteiger partial charge in [-0.3, -0.25) is 0 Å². The fourth-order valence-electron chi connectivity index (χ4n) is 2.29.